The molecule has 1 rings (SSSR count). The monoisotopic (exact) mass is 214 g/mol. The SMILES string of the molecule is CCCN(CCC)C(=O)[C@@H]1CCC(O)N1. The topological polar surface area (TPSA) is 52.6 Å². The van der Waals surface area contributed by atoms with Crippen molar-refractivity contribution < 1.29 is 9.90 Å². The van der Waals surface area contributed by atoms with Gasteiger partial charge in [-0.2, -0.15) is 0 Å². The van der Waals surface area contributed by atoms with Crippen molar-refractivity contribution in [2.24, 2.45) is 0 Å². The van der Waals surface area contributed by atoms with E-state index in [9.17, 15) is 9.90 Å². The number of hydrogen-bond acceptors (Lipinski definition) is 3. The summed E-state index contributed by atoms with van der Waals surface area (Å²) < 4.78 is 0. The first-order valence-corrected chi connectivity index (χ1v) is 5.92. The second-order valence-corrected chi connectivity index (χ2v) is 4.14. The van der Waals surface area contributed by atoms with Gasteiger partial charge in [-0.15, -0.1) is 0 Å². The van der Waals surface area contributed by atoms with E-state index in [1.54, 1.807) is 0 Å². The lowest BCUT2D eigenvalue weighted by atomic mass is 10.2. The lowest BCUT2D eigenvalue weighted by Crippen LogP contribution is -2.45. The van der Waals surface area contributed by atoms with Gasteiger partial charge in [0.1, 0.15) is 6.23 Å². The van der Waals surface area contributed by atoms with Crippen LogP contribution in [-0.4, -0.2) is 41.3 Å². The highest BCUT2D eigenvalue weighted by atomic mass is 16.3. The molecule has 2 atom stereocenters. The van der Waals surface area contributed by atoms with Crippen molar-refractivity contribution in [2.45, 2.75) is 51.8 Å². The van der Waals surface area contributed by atoms with Crippen LogP contribution in [0.15, 0.2) is 0 Å². The number of carbonyl (C=O) groups is 1. The summed E-state index contributed by atoms with van der Waals surface area (Å²) in [7, 11) is 0. The lowest BCUT2D eigenvalue weighted by molar-refractivity contribution is -0.133. The van der Waals surface area contributed by atoms with Crippen LogP contribution in [0.5, 0.6) is 0 Å². The second kappa shape index (κ2) is 6.08. The number of amides is 1. The first-order valence-electron chi connectivity index (χ1n) is 5.92. The Kier molecular flexibility index (Phi) is 5.05. The van der Waals surface area contributed by atoms with Crippen LogP contribution in [0.3, 0.4) is 0 Å². The molecule has 0 aromatic rings. The summed E-state index contributed by atoms with van der Waals surface area (Å²) in [5.41, 5.74) is 0. The zero-order valence-electron chi connectivity index (χ0n) is 9.70. The van der Waals surface area contributed by atoms with E-state index in [2.05, 4.69) is 19.2 Å². The molecule has 0 saturated carbocycles. The van der Waals surface area contributed by atoms with Crippen molar-refractivity contribution in [3.8, 4) is 0 Å². The third-order valence-electron chi connectivity index (χ3n) is 2.72. The molecule has 0 bridgehead atoms. The van der Waals surface area contributed by atoms with Crippen molar-refractivity contribution in [1.29, 1.82) is 0 Å². The van der Waals surface area contributed by atoms with Crippen molar-refractivity contribution >= 4 is 5.91 Å². The van der Waals surface area contributed by atoms with Crippen molar-refractivity contribution in [3.05, 3.63) is 0 Å². The first-order chi connectivity index (χ1) is 7.19. The van der Waals surface area contributed by atoms with Gasteiger partial charge in [-0.05, 0) is 25.7 Å². The van der Waals surface area contributed by atoms with E-state index >= 15 is 0 Å². The van der Waals surface area contributed by atoms with E-state index in [0.29, 0.717) is 6.42 Å². The summed E-state index contributed by atoms with van der Waals surface area (Å²) in [6.45, 7) is 5.79. The molecular weight excluding hydrogens is 192 g/mol. The fraction of sp³-hybridized carbons (Fsp3) is 0.909. The van der Waals surface area contributed by atoms with Gasteiger partial charge in [-0.3, -0.25) is 10.1 Å². The summed E-state index contributed by atoms with van der Waals surface area (Å²) in [6.07, 6.45) is 2.91. The molecule has 1 fully saturated rings. The predicted molar refractivity (Wildman–Crippen MR) is 59.3 cm³/mol. The van der Waals surface area contributed by atoms with Crippen molar-refractivity contribution in [1.82, 2.24) is 10.2 Å². The van der Waals surface area contributed by atoms with Gasteiger partial charge >= 0.3 is 0 Å². The van der Waals surface area contributed by atoms with Gasteiger partial charge in [0.25, 0.3) is 0 Å². The number of nitrogens with one attached hydrogen (secondary N) is 1. The molecule has 1 amide bonds. The molecule has 4 nitrogen and oxygen atoms in total. The largest absolute Gasteiger partial charge is 0.379 e. The smallest absolute Gasteiger partial charge is 0.239 e. The molecule has 4 heteroatoms. The molecule has 15 heavy (non-hydrogen) atoms. The summed E-state index contributed by atoms with van der Waals surface area (Å²) in [5.74, 6) is 0.148. The molecule has 1 unspecified atom stereocenters. The standard InChI is InChI=1S/C11H22N2O2/c1-3-7-13(8-4-2)11(15)9-5-6-10(14)12-9/h9-10,12,14H,3-8H2,1-2H3/t9-,10?/m0/s1. The Morgan fingerprint density at radius 2 is 1.93 bits per heavy atom. The van der Waals surface area contributed by atoms with Crippen LogP contribution in [-0.2, 0) is 4.79 Å². The second-order valence-electron chi connectivity index (χ2n) is 4.14. The van der Waals surface area contributed by atoms with Crippen molar-refractivity contribution in [2.75, 3.05) is 13.1 Å². The Morgan fingerprint density at radius 3 is 2.33 bits per heavy atom. The highest BCUT2D eigenvalue weighted by molar-refractivity contribution is 5.82. The Morgan fingerprint density at radius 1 is 1.33 bits per heavy atom. The van der Waals surface area contributed by atoms with Gasteiger partial charge in [0.2, 0.25) is 5.91 Å². The van der Waals surface area contributed by atoms with Crippen LogP contribution in [0.25, 0.3) is 0 Å². The first kappa shape index (κ1) is 12.5. The molecule has 0 spiro atoms. The molecule has 88 valence electrons. The fourth-order valence-corrected chi connectivity index (χ4v) is 2.01. The summed E-state index contributed by atoms with van der Waals surface area (Å²) >= 11 is 0. The third kappa shape index (κ3) is 3.47. The number of nitrogens with zero attached hydrogens (tertiary/aromatic N) is 1. The van der Waals surface area contributed by atoms with E-state index in [1.807, 2.05) is 4.90 Å². The van der Waals surface area contributed by atoms with E-state index in [0.717, 1.165) is 32.4 Å². The molecule has 1 aliphatic rings. The minimum atomic E-state index is -0.496. The highest BCUT2D eigenvalue weighted by Gasteiger charge is 2.30. The summed E-state index contributed by atoms with van der Waals surface area (Å²) in [5, 5.41) is 12.2. The zero-order chi connectivity index (χ0) is 11.3. The molecule has 1 aliphatic heterocycles. The van der Waals surface area contributed by atoms with Crippen LogP contribution >= 0.6 is 0 Å². The molecule has 0 aliphatic carbocycles. The number of hydrogen-bond donors (Lipinski definition) is 2. The maximum Gasteiger partial charge on any atom is 0.239 e. The molecular formula is C11H22N2O2. The maximum absolute atomic E-state index is 12.0. The van der Waals surface area contributed by atoms with Gasteiger partial charge in [0, 0.05) is 13.1 Å². The average molecular weight is 214 g/mol. The Balaban J connectivity index is 2.47. The van der Waals surface area contributed by atoms with Gasteiger partial charge in [-0.1, -0.05) is 13.8 Å². The molecule has 1 heterocycles. The zero-order valence-corrected chi connectivity index (χ0v) is 9.70. The number of carbonyl (C=O) groups excluding carboxylic acids is 1. The van der Waals surface area contributed by atoms with E-state index in [1.165, 1.54) is 0 Å². The van der Waals surface area contributed by atoms with Gasteiger partial charge in [0.15, 0.2) is 0 Å². The molecule has 0 radical (unpaired) electrons. The van der Waals surface area contributed by atoms with Gasteiger partial charge in [-0.25, -0.2) is 0 Å². The normalized spacial score (nSPS) is 25.5. The highest BCUT2D eigenvalue weighted by Crippen LogP contribution is 2.13. The number of rotatable bonds is 5. The van der Waals surface area contributed by atoms with Crippen LogP contribution in [0.2, 0.25) is 0 Å². The molecule has 2 N–H and O–H groups in total. The minimum absolute atomic E-state index is 0.148. The van der Waals surface area contributed by atoms with Gasteiger partial charge < -0.3 is 10.0 Å². The maximum atomic E-state index is 12.0. The quantitative estimate of drug-likeness (QED) is 0.708. The minimum Gasteiger partial charge on any atom is -0.379 e. The van der Waals surface area contributed by atoms with Crippen molar-refractivity contribution in [3.63, 3.8) is 0 Å². The summed E-state index contributed by atoms with van der Waals surface area (Å²) in [6, 6.07) is -0.168. The Labute approximate surface area is 91.6 Å². The van der Waals surface area contributed by atoms with Crippen LogP contribution in [0.4, 0.5) is 0 Å². The number of aliphatic hydroxyl groups is 1. The number of aliphatic hydroxyl groups excluding tert-OH is 1. The van der Waals surface area contributed by atoms with Crippen LogP contribution in [0.1, 0.15) is 39.5 Å². The van der Waals surface area contributed by atoms with E-state index in [-0.39, 0.29) is 11.9 Å². The molecule has 0 aromatic carbocycles. The van der Waals surface area contributed by atoms with E-state index in [4.69, 9.17) is 0 Å². The Hall–Kier alpha value is -0.610. The van der Waals surface area contributed by atoms with Gasteiger partial charge in [0.05, 0.1) is 6.04 Å². The predicted octanol–water partition coefficient (Wildman–Crippen LogP) is 0.705. The van der Waals surface area contributed by atoms with Crippen LogP contribution in [0, 0.1) is 0 Å². The fourth-order valence-electron chi connectivity index (χ4n) is 2.01. The Bertz CT molecular complexity index is 203. The average Bonchev–Trinajstić information content (AvgIpc) is 2.63. The third-order valence-corrected chi connectivity index (χ3v) is 2.72. The summed E-state index contributed by atoms with van der Waals surface area (Å²) in [4.78, 5) is 13.9. The van der Waals surface area contributed by atoms with E-state index < -0.39 is 6.23 Å². The molecule has 0 aromatic heterocycles. The van der Waals surface area contributed by atoms with Crippen LogP contribution < -0.4 is 5.32 Å². The molecule has 1 saturated heterocycles. The lowest BCUT2D eigenvalue weighted by Gasteiger charge is -2.24.